The predicted molar refractivity (Wildman–Crippen MR) is 87.9 cm³/mol. The number of aromatic nitrogens is 2. The quantitative estimate of drug-likeness (QED) is 0.665. The van der Waals surface area contributed by atoms with E-state index in [1.807, 2.05) is 13.0 Å². The topological polar surface area (TPSA) is 69.9 Å². The van der Waals surface area contributed by atoms with Crippen LogP contribution >= 0.6 is 0 Å². The molecule has 2 aromatic heterocycles. The van der Waals surface area contributed by atoms with Crippen molar-refractivity contribution in [1.29, 1.82) is 0 Å². The van der Waals surface area contributed by atoms with E-state index >= 15 is 0 Å². The van der Waals surface area contributed by atoms with Crippen LogP contribution in [0.25, 0.3) is 5.65 Å². The van der Waals surface area contributed by atoms with Crippen molar-refractivity contribution in [1.82, 2.24) is 9.38 Å². The molecule has 0 saturated heterocycles. The zero-order chi connectivity index (χ0) is 17.8. The second kappa shape index (κ2) is 7.12. The highest BCUT2D eigenvalue weighted by Crippen LogP contribution is 2.12. The van der Waals surface area contributed by atoms with Crippen molar-refractivity contribution in [2.24, 2.45) is 0 Å². The van der Waals surface area contributed by atoms with Crippen LogP contribution in [0.15, 0.2) is 53.5 Å². The van der Waals surface area contributed by atoms with Gasteiger partial charge in [0.2, 0.25) is 0 Å². The van der Waals surface area contributed by atoms with E-state index in [0.29, 0.717) is 11.3 Å². The first-order valence-electron chi connectivity index (χ1n) is 7.55. The number of hydrogen-bond acceptors (Lipinski definition) is 5. The Kier molecular flexibility index (Phi) is 4.74. The first-order chi connectivity index (χ1) is 12.0. The Bertz CT molecular complexity index is 984. The van der Waals surface area contributed by atoms with Gasteiger partial charge in [0.15, 0.2) is 6.61 Å². The summed E-state index contributed by atoms with van der Waals surface area (Å²) in [5.41, 5.74) is 1.44. The highest BCUT2D eigenvalue weighted by molar-refractivity contribution is 5.71. The summed E-state index contributed by atoms with van der Waals surface area (Å²) in [5.74, 6) is -0.868. The van der Waals surface area contributed by atoms with Crippen LogP contribution in [0.5, 0.6) is 5.75 Å². The molecule has 0 amide bonds. The molecule has 0 N–H and O–H groups in total. The third-order valence-corrected chi connectivity index (χ3v) is 3.47. The van der Waals surface area contributed by atoms with E-state index in [1.54, 1.807) is 12.3 Å². The van der Waals surface area contributed by atoms with Crippen LogP contribution in [0.3, 0.4) is 0 Å². The van der Waals surface area contributed by atoms with Gasteiger partial charge in [-0.2, -0.15) is 0 Å². The lowest BCUT2D eigenvalue weighted by molar-refractivity contribution is -0.147. The number of hydrogen-bond donors (Lipinski definition) is 0. The van der Waals surface area contributed by atoms with Crippen molar-refractivity contribution in [3.05, 3.63) is 76.1 Å². The lowest BCUT2D eigenvalue weighted by atomic mass is 10.3. The van der Waals surface area contributed by atoms with Gasteiger partial charge in [-0.25, -0.2) is 14.2 Å². The maximum atomic E-state index is 13.0. The van der Waals surface area contributed by atoms with Crippen LogP contribution < -0.4 is 10.3 Å². The second-order valence-electron chi connectivity index (χ2n) is 5.38. The van der Waals surface area contributed by atoms with Crippen LogP contribution in [-0.4, -0.2) is 22.0 Å². The largest absolute Gasteiger partial charge is 0.482 e. The van der Waals surface area contributed by atoms with Gasteiger partial charge < -0.3 is 9.47 Å². The Morgan fingerprint density at radius 1 is 1.24 bits per heavy atom. The molecule has 0 radical (unpaired) electrons. The number of carbonyl (C=O) groups is 1. The Balaban J connectivity index is 1.63. The van der Waals surface area contributed by atoms with Crippen LogP contribution in [-0.2, 0) is 16.1 Å². The van der Waals surface area contributed by atoms with Crippen LogP contribution in [0.4, 0.5) is 4.39 Å². The molecule has 6 nitrogen and oxygen atoms in total. The van der Waals surface area contributed by atoms with Crippen LogP contribution in [0.1, 0.15) is 11.3 Å². The molecule has 2 heterocycles. The molecule has 3 aromatic rings. The predicted octanol–water partition coefficient (Wildman–Crippen LogP) is 2.26. The summed E-state index contributed by atoms with van der Waals surface area (Å²) in [6.07, 6.45) is 1.63. The SMILES string of the molecule is Cc1cccn2c(=O)cc(COC(=O)COc3cccc(F)c3)nc12. The number of benzene rings is 1. The van der Waals surface area contributed by atoms with Crippen molar-refractivity contribution < 1.29 is 18.7 Å². The minimum atomic E-state index is -0.643. The van der Waals surface area contributed by atoms with E-state index in [2.05, 4.69) is 4.98 Å². The molecule has 0 bridgehead atoms. The Labute approximate surface area is 142 Å². The zero-order valence-corrected chi connectivity index (χ0v) is 13.4. The van der Waals surface area contributed by atoms with Gasteiger partial charge in [0.05, 0.1) is 5.69 Å². The fourth-order valence-corrected chi connectivity index (χ4v) is 2.28. The Hall–Kier alpha value is -3.22. The fourth-order valence-electron chi connectivity index (χ4n) is 2.28. The average molecular weight is 342 g/mol. The fraction of sp³-hybridized carbons (Fsp3) is 0.167. The van der Waals surface area contributed by atoms with Crippen molar-refractivity contribution >= 4 is 11.6 Å². The molecule has 0 aliphatic carbocycles. The van der Waals surface area contributed by atoms with Gasteiger partial charge in [-0.3, -0.25) is 9.20 Å². The minimum absolute atomic E-state index is 0.147. The van der Waals surface area contributed by atoms with E-state index < -0.39 is 11.8 Å². The molecule has 128 valence electrons. The summed E-state index contributed by atoms with van der Waals surface area (Å²) >= 11 is 0. The first-order valence-corrected chi connectivity index (χ1v) is 7.55. The van der Waals surface area contributed by atoms with Gasteiger partial charge in [-0.1, -0.05) is 12.1 Å². The van der Waals surface area contributed by atoms with Gasteiger partial charge in [-0.05, 0) is 30.7 Å². The van der Waals surface area contributed by atoms with E-state index in [9.17, 15) is 14.0 Å². The first kappa shape index (κ1) is 16.6. The smallest absolute Gasteiger partial charge is 0.344 e. The van der Waals surface area contributed by atoms with Gasteiger partial charge >= 0.3 is 5.97 Å². The van der Waals surface area contributed by atoms with E-state index in [-0.39, 0.29) is 24.5 Å². The maximum Gasteiger partial charge on any atom is 0.344 e. The number of esters is 1. The van der Waals surface area contributed by atoms with Crippen LogP contribution in [0, 0.1) is 12.7 Å². The highest BCUT2D eigenvalue weighted by Gasteiger charge is 2.09. The number of aryl methyl sites for hydroxylation is 1. The molecule has 7 heteroatoms. The molecule has 25 heavy (non-hydrogen) atoms. The molecular formula is C18H15FN2O4. The number of nitrogens with zero attached hydrogens (tertiary/aromatic N) is 2. The van der Waals surface area contributed by atoms with Crippen molar-refractivity contribution in [2.45, 2.75) is 13.5 Å². The standard InChI is InChI=1S/C18H15FN2O4/c1-12-4-3-7-21-16(22)9-14(20-18(12)21)10-25-17(23)11-24-15-6-2-5-13(19)8-15/h2-9H,10-11H2,1H3. The second-order valence-corrected chi connectivity index (χ2v) is 5.38. The number of ether oxygens (including phenoxy) is 2. The number of fused-ring (bicyclic) bond motifs is 1. The minimum Gasteiger partial charge on any atom is -0.482 e. The molecule has 0 fully saturated rings. The van der Waals surface area contributed by atoms with Crippen LogP contribution in [0.2, 0.25) is 0 Å². The van der Waals surface area contributed by atoms with Gasteiger partial charge in [0, 0.05) is 18.3 Å². The molecular weight excluding hydrogens is 327 g/mol. The van der Waals surface area contributed by atoms with Crippen molar-refractivity contribution in [3.8, 4) is 5.75 Å². The van der Waals surface area contributed by atoms with E-state index in [4.69, 9.17) is 9.47 Å². The summed E-state index contributed by atoms with van der Waals surface area (Å²) in [7, 11) is 0. The van der Waals surface area contributed by atoms with Gasteiger partial charge in [0.25, 0.3) is 5.56 Å². The zero-order valence-electron chi connectivity index (χ0n) is 13.4. The van der Waals surface area contributed by atoms with Gasteiger partial charge in [0.1, 0.15) is 23.8 Å². The molecule has 0 aliphatic rings. The third kappa shape index (κ3) is 4.00. The molecule has 1 aromatic carbocycles. The summed E-state index contributed by atoms with van der Waals surface area (Å²) in [6, 6.07) is 10.4. The summed E-state index contributed by atoms with van der Waals surface area (Å²) in [6.45, 7) is 1.32. The van der Waals surface area contributed by atoms with Crippen molar-refractivity contribution in [2.75, 3.05) is 6.61 Å². The molecule has 0 aliphatic heterocycles. The Morgan fingerprint density at radius 3 is 2.88 bits per heavy atom. The summed E-state index contributed by atoms with van der Waals surface area (Å²) in [4.78, 5) is 28.1. The monoisotopic (exact) mass is 342 g/mol. The number of carbonyl (C=O) groups excluding carboxylic acids is 1. The lowest BCUT2D eigenvalue weighted by Crippen LogP contribution is -2.19. The molecule has 0 spiro atoms. The van der Waals surface area contributed by atoms with E-state index in [1.165, 1.54) is 34.7 Å². The number of rotatable bonds is 5. The Morgan fingerprint density at radius 2 is 2.08 bits per heavy atom. The molecule has 0 unspecified atom stereocenters. The lowest BCUT2D eigenvalue weighted by Gasteiger charge is -2.08. The summed E-state index contributed by atoms with van der Waals surface area (Å²) < 4.78 is 24.7. The highest BCUT2D eigenvalue weighted by atomic mass is 19.1. The third-order valence-electron chi connectivity index (χ3n) is 3.47. The normalized spacial score (nSPS) is 10.6. The molecule has 3 rings (SSSR count). The number of halogens is 1. The van der Waals surface area contributed by atoms with Crippen molar-refractivity contribution in [3.63, 3.8) is 0 Å². The summed E-state index contributed by atoms with van der Waals surface area (Å²) in [5, 5.41) is 0. The average Bonchev–Trinajstić information content (AvgIpc) is 2.59. The maximum absolute atomic E-state index is 13.0. The van der Waals surface area contributed by atoms with E-state index in [0.717, 1.165) is 5.56 Å². The number of pyridine rings is 1. The molecule has 0 atom stereocenters. The molecule has 0 saturated carbocycles. The van der Waals surface area contributed by atoms with Gasteiger partial charge in [-0.15, -0.1) is 0 Å².